The highest BCUT2D eigenvalue weighted by Crippen LogP contribution is 2.51. The monoisotopic (exact) mass is 515 g/mol. The van der Waals surface area contributed by atoms with E-state index in [0.717, 1.165) is 0 Å². The molecule has 3 aromatic carbocycles. The minimum atomic E-state index is 0.462. The number of hydrogen-bond donors (Lipinski definition) is 0. The van der Waals surface area contributed by atoms with Crippen LogP contribution < -0.4 is 47.5 Å². The van der Waals surface area contributed by atoms with E-state index in [1.807, 2.05) is 41.3 Å². The van der Waals surface area contributed by atoms with E-state index in [9.17, 15) is 0 Å². The Balaban J connectivity index is 2.43. The average molecular weight is 516 g/mol. The van der Waals surface area contributed by atoms with Crippen molar-refractivity contribution < 1.29 is 42.6 Å². The first-order chi connectivity index (χ1) is 17.9. The fourth-order valence-electron chi connectivity index (χ4n) is 4.04. The average Bonchev–Trinajstić information content (AvgIpc) is 2.95. The van der Waals surface area contributed by atoms with Crippen LogP contribution in [0.3, 0.4) is 0 Å². The van der Waals surface area contributed by atoms with Gasteiger partial charge in [-0.3, -0.25) is 0 Å². The molecule has 0 radical (unpaired) electrons. The Bertz CT molecular complexity index is 1000. The van der Waals surface area contributed by atoms with Gasteiger partial charge in [0.1, 0.15) is 0 Å². The van der Waals surface area contributed by atoms with Gasteiger partial charge >= 0.3 is 0 Å². The summed E-state index contributed by atoms with van der Waals surface area (Å²) in [4.78, 5) is 1.93. The number of nitrogens with zero attached hydrogens (tertiary/aromatic N) is 1. The minimum absolute atomic E-state index is 0.462. The molecule has 0 amide bonds. The molecule has 0 atom stereocenters. The lowest BCUT2D eigenvalue weighted by molar-refractivity contribution is 0.324. The molecular weight excluding hydrogens is 482 g/mol. The van der Waals surface area contributed by atoms with Crippen LogP contribution in [0.4, 0.5) is 17.1 Å². The van der Waals surface area contributed by atoms with Crippen LogP contribution in [0.25, 0.3) is 0 Å². The summed E-state index contributed by atoms with van der Waals surface area (Å²) in [5.74, 6) is 4.23. The predicted octanol–water partition coefficient (Wildman–Crippen LogP) is 5.23. The number of rotatable bonds is 12. The zero-order valence-electron chi connectivity index (χ0n) is 22.6. The van der Waals surface area contributed by atoms with Gasteiger partial charge in [0.2, 0.25) is 17.2 Å². The van der Waals surface area contributed by atoms with Crippen molar-refractivity contribution in [3.8, 4) is 51.7 Å². The molecule has 0 aliphatic carbocycles. The lowest BCUT2D eigenvalue weighted by Crippen LogP contribution is -2.12. The highest BCUT2D eigenvalue weighted by molar-refractivity contribution is 5.83. The normalized spacial score (nSPS) is 10.3. The molecule has 0 spiro atoms. The third-order valence-electron chi connectivity index (χ3n) is 5.72. The molecule has 0 N–H and O–H groups in total. The van der Waals surface area contributed by atoms with Gasteiger partial charge in [0.15, 0.2) is 34.5 Å². The van der Waals surface area contributed by atoms with E-state index in [0.29, 0.717) is 68.8 Å². The molecule has 0 aromatic heterocycles. The molecule has 0 fully saturated rings. The molecule has 0 aliphatic heterocycles. The second kappa shape index (κ2) is 12.1. The zero-order chi connectivity index (χ0) is 27.1. The summed E-state index contributed by atoms with van der Waals surface area (Å²) in [6.45, 7) is 0. The van der Waals surface area contributed by atoms with Gasteiger partial charge in [-0.05, 0) is 0 Å². The fraction of sp³-hybridized carbons (Fsp3) is 0.333. The van der Waals surface area contributed by atoms with E-state index in [1.165, 1.54) is 0 Å². The molecule has 0 aliphatic rings. The van der Waals surface area contributed by atoms with E-state index in [1.54, 1.807) is 64.0 Å². The van der Waals surface area contributed by atoms with Crippen LogP contribution in [0.1, 0.15) is 0 Å². The highest BCUT2D eigenvalue weighted by atomic mass is 16.5. The van der Waals surface area contributed by atoms with Gasteiger partial charge < -0.3 is 47.5 Å². The van der Waals surface area contributed by atoms with Gasteiger partial charge in [0.25, 0.3) is 0 Å². The van der Waals surface area contributed by atoms with Crippen LogP contribution in [-0.4, -0.2) is 64.0 Å². The first-order valence-electron chi connectivity index (χ1n) is 11.1. The molecule has 10 nitrogen and oxygen atoms in total. The zero-order valence-corrected chi connectivity index (χ0v) is 22.6. The van der Waals surface area contributed by atoms with Crippen molar-refractivity contribution in [2.24, 2.45) is 0 Å². The lowest BCUT2D eigenvalue weighted by atomic mass is 10.1. The highest BCUT2D eigenvalue weighted by Gasteiger charge is 2.25. The van der Waals surface area contributed by atoms with E-state index >= 15 is 0 Å². The summed E-state index contributed by atoms with van der Waals surface area (Å²) in [6, 6.07) is 11.0. The largest absolute Gasteiger partial charge is 0.493 e. The fourth-order valence-corrected chi connectivity index (χ4v) is 4.04. The van der Waals surface area contributed by atoms with Crippen LogP contribution in [-0.2, 0) is 0 Å². The molecule has 0 saturated heterocycles. The summed E-state index contributed by atoms with van der Waals surface area (Å²) in [5, 5.41) is 0. The first-order valence-corrected chi connectivity index (χ1v) is 11.1. The van der Waals surface area contributed by atoms with Crippen molar-refractivity contribution in [2.75, 3.05) is 68.9 Å². The van der Waals surface area contributed by atoms with Crippen LogP contribution in [0.15, 0.2) is 36.4 Å². The third kappa shape index (κ3) is 5.13. The van der Waals surface area contributed by atoms with Crippen molar-refractivity contribution in [3.63, 3.8) is 0 Å². The molecule has 0 bridgehead atoms. The predicted molar refractivity (Wildman–Crippen MR) is 140 cm³/mol. The van der Waals surface area contributed by atoms with Crippen LogP contribution >= 0.6 is 0 Å². The molecule has 3 rings (SSSR count). The summed E-state index contributed by atoms with van der Waals surface area (Å²) in [6.07, 6.45) is 0. The minimum Gasteiger partial charge on any atom is -0.493 e. The second-order valence-electron chi connectivity index (χ2n) is 7.49. The second-order valence-corrected chi connectivity index (χ2v) is 7.49. The molecular formula is C27H33NO9. The van der Waals surface area contributed by atoms with Crippen LogP contribution in [0.2, 0.25) is 0 Å². The first kappa shape index (κ1) is 27.3. The smallest absolute Gasteiger partial charge is 0.203 e. The Morgan fingerprint density at radius 2 is 0.514 bits per heavy atom. The van der Waals surface area contributed by atoms with Gasteiger partial charge in [-0.15, -0.1) is 0 Å². The van der Waals surface area contributed by atoms with Gasteiger partial charge in [-0.1, -0.05) is 0 Å². The molecule has 0 saturated carbocycles. The van der Waals surface area contributed by atoms with Gasteiger partial charge in [0.05, 0.1) is 81.1 Å². The SMILES string of the molecule is COc1cc(N(c2cc(OC)c(OC)c(OC)c2)c2cc(OC)c(OC)c(OC)c2)cc(OC)c1OC. The van der Waals surface area contributed by atoms with E-state index < -0.39 is 0 Å². The Morgan fingerprint density at radius 3 is 0.649 bits per heavy atom. The maximum absolute atomic E-state index is 5.62. The van der Waals surface area contributed by atoms with Gasteiger partial charge in [-0.25, -0.2) is 0 Å². The van der Waals surface area contributed by atoms with Crippen LogP contribution in [0, 0.1) is 0 Å². The molecule has 37 heavy (non-hydrogen) atoms. The van der Waals surface area contributed by atoms with Crippen molar-refractivity contribution in [1.82, 2.24) is 0 Å². The molecule has 10 heteroatoms. The van der Waals surface area contributed by atoms with E-state index in [-0.39, 0.29) is 0 Å². The number of hydrogen-bond acceptors (Lipinski definition) is 10. The van der Waals surface area contributed by atoms with Crippen molar-refractivity contribution in [3.05, 3.63) is 36.4 Å². The summed E-state index contributed by atoms with van der Waals surface area (Å²) in [5.41, 5.74) is 2.04. The molecule has 0 heterocycles. The van der Waals surface area contributed by atoms with E-state index in [2.05, 4.69) is 0 Å². The number of methoxy groups -OCH3 is 9. The Kier molecular flexibility index (Phi) is 8.89. The maximum Gasteiger partial charge on any atom is 0.203 e. The maximum atomic E-state index is 5.62. The number of anilines is 3. The lowest BCUT2D eigenvalue weighted by Gasteiger charge is -2.29. The summed E-state index contributed by atoms with van der Waals surface area (Å²) < 4.78 is 50.3. The Hall–Kier alpha value is -4.34. The Labute approximate surface area is 217 Å². The number of benzene rings is 3. The molecule has 0 unspecified atom stereocenters. The molecule has 200 valence electrons. The van der Waals surface area contributed by atoms with Crippen molar-refractivity contribution in [1.29, 1.82) is 0 Å². The van der Waals surface area contributed by atoms with E-state index in [4.69, 9.17) is 42.6 Å². The van der Waals surface area contributed by atoms with Crippen LogP contribution in [0.5, 0.6) is 51.7 Å². The Morgan fingerprint density at radius 1 is 0.324 bits per heavy atom. The van der Waals surface area contributed by atoms with Gasteiger partial charge in [-0.2, -0.15) is 0 Å². The quantitative estimate of drug-likeness (QED) is 0.319. The van der Waals surface area contributed by atoms with Gasteiger partial charge in [0, 0.05) is 36.4 Å². The summed E-state index contributed by atoms with van der Waals surface area (Å²) >= 11 is 0. The summed E-state index contributed by atoms with van der Waals surface area (Å²) in [7, 11) is 14.0. The number of ether oxygens (including phenoxy) is 9. The van der Waals surface area contributed by atoms with Crippen molar-refractivity contribution in [2.45, 2.75) is 0 Å². The standard InChI is InChI=1S/C27H33NO9/c1-29-19-10-16(11-20(30-2)25(19)35-7)28(17-12-21(31-3)26(36-8)22(13-17)32-4)18-14-23(33-5)27(37-9)24(15-18)34-6/h10-15H,1-9H3. The topological polar surface area (TPSA) is 86.3 Å². The third-order valence-corrected chi connectivity index (χ3v) is 5.72. The molecule has 3 aromatic rings. The van der Waals surface area contributed by atoms with Crippen molar-refractivity contribution >= 4 is 17.1 Å².